The van der Waals surface area contributed by atoms with Crippen molar-refractivity contribution in [3.63, 3.8) is 0 Å². The van der Waals surface area contributed by atoms with E-state index in [0.29, 0.717) is 23.8 Å². The van der Waals surface area contributed by atoms with Gasteiger partial charge in [-0.05, 0) is 67.2 Å². The Labute approximate surface area is 197 Å². The van der Waals surface area contributed by atoms with Crippen LogP contribution in [0.5, 0.6) is 0 Å². The third kappa shape index (κ3) is 4.92. The number of thiophene rings is 1. The number of aromatic amines is 1. The van der Waals surface area contributed by atoms with Gasteiger partial charge in [0.2, 0.25) is 0 Å². The average molecular weight is 462 g/mol. The number of H-pyrrole nitrogens is 1. The number of pyridine rings is 1. The Morgan fingerprint density at radius 1 is 1.06 bits per heavy atom. The lowest BCUT2D eigenvalue weighted by atomic mass is 10.0. The molecule has 6 heteroatoms. The van der Waals surface area contributed by atoms with Crippen molar-refractivity contribution in [2.24, 2.45) is 0 Å². The zero-order chi connectivity index (χ0) is 22.7. The summed E-state index contributed by atoms with van der Waals surface area (Å²) >= 11 is 7.51. The van der Waals surface area contributed by atoms with Crippen LogP contribution >= 0.6 is 23.6 Å². The van der Waals surface area contributed by atoms with E-state index in [2.05, 4.69) is 58.7 Å². The first-order valence-corrected chi connectivity index (χ1v) is 12.0. The van der Waals surface area contributed by atoms with Gasteiger partial charge in [0.05, 0.1) is 24.6 Å². The minimum Gasteiger partial charge on any atom is -0.356 e. The number of fused-ring (bicyclic) bond motifs is 1. The molecule has 0 amide bonds. The van der Waals surface area contributed by atoms with Gasteiger partial charge in [-0.25, -0.2) is 0 Å². The van der Waals surface area contributed by atoms with Crippen molar-refractivity contribution in [1.29, 1.82) is 0 Å². The Morgan fingerprint density at radius 2 is 1.81 bits per heavy atom. The van der Waals surface area contributed by atoms with E-state index in [1.54, 1.807) is 11.3 Å². The molecule has 0 bridgehead atoms. The lowest BCUT2D eigenvalue weighted by Gasteiger charge is -2.28. The molecule has 0 fully saturated rings. The molecule has 0 spiro atoms. The van der Waals surface area contributed by atoms with E-state index >= 15 is 0 Å². The molecule has 0 aliphatic carbocycles. The van der Waals surface area contributed by atoms with E-state index in [0.717, 1.165) is 22.0 Å². The third-order valence-electron chi connectivity index (χ3n) is 5.74. The maximum atomic E-state index is 13.0. The summed E-state index contributed by atoms with van der Waals surface area (Å²) in [6.07, 6.45) is 0. The van der Waals surface area contributed by atoms with Crippen LogP contribution in [-0.4, -0.2) is 15.0 Å². The topological polar surface area (TPSA) is 48.1 Å². The van der Waals surface area contributed by atoms with Crippen molar-refractivity contribution < 1.29 is 0 Å². The number of aryl methyl sites for hydroxylation is 2. The molecule has 32 heavy (non-hydrogen) atoms. The SMILES string of the molecule is Cc1ccc(C)c2[nH]c(=O)c(CN(Cc3cccs3)C(=S)NC(C)c3ccccc3)cc12. The summed E-state index contributed by atoms with van der Waals surface area (Å²) in [7, 11) is 0. The van der Waals surface area contributed by atoms with Gasteiger partial charge < -0.3 is 15.2 Å². The number of thiocarbonyl (C=S) groups is 1. The number of nitrogens with one attached hydrogen (secondary N) is 2. The number of aromatic nitrogens is 1. The van der Waals surface area contributed by atoms with Gasteiger partial charge in [-0.1, -0.05) is 48.5 Å². The Morgan fingerprint density at radius 3 is 2.53 bits per heavy atom. The van der Waals surface area contributed by atoms with Crippen LogP contribution in [-0.2, 0) is 13.1 Å². The quantitative estimate of drug-likeness (QED) is 0.354. The van der Waals surface area contributed by atoms with Crippen molar-refractivity contribution in [1.82, 2.24) is 15.2 Å². The lowest BCUT2D eigenvalue weighted by molar-refractivity contribution is 0.395. The summed E-state index contributed by atoms with van der Waals surface area (Å²) in [6, 6.07) is 20.6. The highest BCUT2D eigenvalue weighted by molar-refractivity contribution is 7.80. The summed E-state index contributed by atoms with van der Waals surface area (Å²) in [4.78, 5) is 19.3. The van der Waals surface area contributed by atoms with Crippen molar-refractivity contribution in [2.45, 2.75) is 39.9 Å². The van der Waals surface area contributed by atoms with Crippen molar-refractivity contribution in [3.05, 3.63) is 104 Å². The van der Waals surface area contributed by atoms with E-state index < -0.39 is 0 Å². The Kier molecular flexibility index (Phi) is 6.72. The predicted octanol–water partition coefficient (Wildman–Crippen LogP) is 5.84. The second kappa shape index (κ2) is 9.67. The number of hydrogen-bond donors (Lipinski definition) is 2. The summed E-state index contributed by atoms with van der Waals surface area (Å²) in [5.74, 6) is 0. The van der Waals surface area contributed by atoms with Gasteiger partial charge in [0.1, 0.15) is 0 Å². The maximum Gasteiger partial charge on any atom is 0.253 e. The maximum absolute atomic E-state index is 13.0. The highest BCUT2D eigenvalue weighted by Crippen LogP contribution is 2.21. The Hall–Kier alpha value is -2.96. The summed E-state index contributed by atoms with van der Waals surface area (Å²) in [6.45, 7) is 7.27. The lowest BCUT2D eigenvalue weighted by Crippen LogP contribution is -2.40. The van der Waals surface area contributed by atoms with Gasteiger partial charge >= 0.3 is 0 Å². The highest BCUT2D eigenvalue weighted by Gasteiger charge is 2.17. The molecule has 4 rings (SSSR count). The second-order valence-electron chi connectivity index (χ2n) is 8.13. The molecule has 2 aromatic heterocycles. The molecule has 0 aliphatic heterocycles. The first-order valence-electron chi connectivity index (χ1n) is 10.7. The smallest absolute Gasteiger partial charge is 0.253 e. The molecule has 1 atom stereocenters. The summed E-state index contributed by atoms with van der Waals surface area (Å²) in [5, 5.41) is 7.23. The van der Waals surface area contributed by atoms with Crippen LogP contribution in [0.2, 0.25) is 0 Å². The van der Waals surface area contributed by atoms with Crippen LogP contribution in [0.3, 0.4) is 0 Å². The molecule has 2 N–H and O–H groups in total. The fourth-order valence-corrected chi connectivity index (χ4v) is 4.86. The van der Waals surface area contributed by atoms with Gasteiger partial charge in [0, 0.05) is 15.8 Å². The fourth-order valence-electron chi connectivity index (χ4n) is 3.83. The van der Waals surface area contributed by atoms with E-state index in [1.165, 1.54) is 10.4 Å². The largest absolute Gasteiger partial charge is 0.356 e. The molecular formula is C26H27N3OS2. The zero-order valence-corrected chi connectivity index (χ0v) is 20.1. The number of nitrogens with zero attached hydrogens (tertiary/aromatic N) is 1. The van der Waals surface area contributed by atoms with Gasteiger partial charge in [0.15, 0.2) is 5.11 Å². The van der Waals surface area contributed by atoms with Gasteiger partial charge in [0.25, 0.3) is 5.56 Å². The average Bonchev–Trinajstić information content (AvgIpc) is 3.30. The Balaban J connectivity index is 1.64. The predicted molar refractivity (Wildman–Crippen MR) is 138 cm³/mol. The molecule has 4 aromatic rings. The molecule has 2 heterocycles. The van der Waals surface area contributed by atoms with Gasteiger partial charge in [-0.3, -0.25) is 4.79 Å². The summed E-state index contributed by atoms with van der Waals surface area (Å²) in [5.41, 5.74) is 4.92. The van der Waals surface area contributed by atoms with Crippen LogP contribution in [0.25, 0.3) is 10.9 Å². The molecule has 0 radical (unpaired) electrons. The highest BCUT2D eigenvalue weighted by atomic mass is 32.1. The van der Waals surface area contributed by atoms with Crippen LogP contribution in [0.15, 0.2) is 70.8 Å². The number of rotatable bonds is 6. The normalized spacial score (nSPS) is 12.0. The zero-order valence-electron chi connectivity index (χ0n) is 18.5. The molecular weight excluding hydrogens is 434 g/mol. The Bertz CT molecular complexity index is 1280. The van der Waals surface area contributed by atoms with Crippen LogP contribution in [0.4, 0.5) is 0 Å². The second-order valence-corrected chi connectivity index (χ2v) is 9.55. The van der Waals surface area contributed by atoms with E-state index in [1.807, 2.05) is 43.3 Å². The first kappa shape index (κ1) is 22.2. The van der Waals surface area contributed by atoms with Crippen LogP contribution in [0.1, 0.15) is 40.1 Å². The molecule has 2 aromatic carbocycles. The van der Waals surface area contributed by atoms with Crippen molar-refractivity contribution >= 4 is 39.6 Å². The molecule has 164 valence electrons. The van der Waals surface area contributed by atoms with Gasteiger partial charge in [-0.2, -0.15) is 0 Å². The number of hydrogen-bond acceptors (Lipinski definition) is 3. The van der Waals surface area contributed by atoms with E-state index in [-0.39, 0.29) is 11.6 Å². The molecule has 1 unspecified atom stereocenters. The fraction of sp³-hybridized carbons (Fsp3) is 0.231. The number of benzene rings is 2. The van der Waals surface area contributed by atoms with Crippen LogP contribution < -0.4 is 10.9 Å². The van der Waals surface area contributed by atoms with E-state index in [4.69, 9.17) is 12.2 Å². The van der Waals surface area contributed by atoms with Gasteiger partial charge in [-0.15, -0.1) is 11.3 Å². The third-order valence-corrected chi connectivity index (χ3v) is 6.97. The summed E-state index contributed by atoms with van der Waals surface area (Å²) < 4.78 is 0. The van der Waals surface area contributed by atoms with E-state index in [9.17, 15) is 4.79 Å². The molecule has 4 nitrogen and oxygen atoms in total. The van der Waals surface area contributed by atoms with Crippen molar-refractivity contribution in [2.75, 3.05) is 0 Å². The minimum absolute atomic E-state index is 0.0642. The molecule has 0 saturated heterocycles. The standard InChI is InChI=1S/C26H27N3OS2/c1-17-11-12-18(2)24-23(17)14-21(25(30)28-24)15-29(16-22-10-7-13-32-22)26(31)27-19(3)20-8-5-4-6-9-20/h4-14,19H,15-16H2,1-3H3,(H,27,31)(H,28,30). The first-order chi connectivity index (χ1) is 15.4. The minimum atomic E-state index is -0.0683. The molecule has 0 aliphatic rings. The van der Waals surface area contributed by atoms with Crippen molar-refractivity contribution in [3.8, 4) is 0 Å². The molecule has 0 saturated carbocycles. The monoisotopic (exact) mass is 461 g/mol. The van der Waals surface area contributed by atoms with Crippen LogP contribution in [0, 0.1) is 13.8 Å².